The monoisotopic (exact) mass is 437 g/mol. The first-order chi connectivity index (χ1) is 14.6. The Hall–Kier alpha value is -3.12. The summed E-state index contributed by atoms with van der Waals surface area (Å²) in [6, 6.07) is 15.4. The highest BCUT2D eigenvalue weighted by atomic mass is 35.5. The minimum absolute atomic E-state index is 0.00555. The van der Waals surface area contributed by atoms with Crippen LogP contribution < -0.4 is 16.4 Å². The van der Waals surface area contributed by atoms with E-state index >= 15 is 0 Å². The number of nitrogens with two attached hydrogens (primary N) is 1. The van der Waals surface area contributed by atoms with Crippen molar-refractivity contribution in [2.75, 3.05) is 22.9 Å². The summed E-state index contributed by atoms with van der Waals surface area (Å²) >= 11 is 6.24. The number of halogens is 1. The summed E-state index contributed by atoms with van der Waals surface area (Å²) < 4.78 is 0. The Morgan fingerprint density at radius 3 is 2.48 bits per heavy atom. The van der Waals surface area contributed by atoms with Crippen molar-refractivity contribution in [2.24, 2.45) is 5.41 Å². The molecule has 0 aliphatic carbocycles. The summed E-state index contributed by atoms with van der Waals surface area (Å²) in [5.41, 5.74) is 10.0. The van der Waals surface area contributed by atoms with Gasteiger partial charge in [0.15, 0.2) is 0 Å². The van der Waals surface area contributed by atoms with Crippen molar-refractivity contribution >= 4 is 35.0 Å². The van der Waals surface area contributed by atoms with Gasteiger partial charge in [-0.05, 0) is 42.7 Å². The van der Waals surface area contributed by atoms with Gasteiger partial charge in [-0.15, -0.1) is 0 Å². The number of nitrogen functional groups attached to an aromatic ring is 1. The number of carbonyl (C=O) groups excluding carboxylic acids is 1. The van der Waals surface area contributed by atoms with Gasteiger partial charge in [-0.25, -0.2) is 4.98 Å². The lowest BCUT2D eigenvalue weighted by Gasteiger charge is -2.17. The number of rotatable bonds is 6. The van der Waals surface area contributed by atoms with E-state index < -0.39 is 5.41 Å². The third kappa shape index (κ3) is 5.95. The number of benzene rings is 2. The molecule has 31 heavy (non-hydrogen) atoms. The number of nitrogens with zero attached hydrogens (tertiary/aromatic N) is 2. The molecular formula is C24H28ClN5O. The Morgan fingerprint density at radius 2 is 1.81 bits per heavy atom. The van der Waals surface area contributed by atoms with Crippen LogP contribution in [-0.2, 0) is 11.2 Å². The van der Waals surface area contributed by atoms with Crippen LogP contribution in [0.25, 0.3) is 11.3 Å². The van der Waals surface area contributed by atoms with E-state index in [1.807, 2.05) is 76.2 Å². The number of carbonyl (C=O) groups is 1. The fraction of sp³-hybridized carbons (Fsp3) is 0.292. The van der Waals surface area contributed by atoms with E-state index in [2.05, 4.69) is 20.6 Å². The number of hydrogen-bond donors (Lipinski definition) is 3. The van der Waals surface area contributed by atoms with Crippen LogP contribution >= 0.6 is 11.6 Å². The highest BCUT2D eigenvalue weighted by molar-refractivity contribution is 6.31. The lowest BCUT2D eigenvalue weighted by Crippen LogP contribution is -2.27. The molecule has 0 bridgehead atoms. The van der Waals surface area contributed by atoms with Gasteiger partial charge in [-0.3, -0.25) is 4.79 Å². The highest BCUT2D eigenvalue weighted by Crippen LogP contribution is 2.28. The van der Waals surface area contributed by atoms with E-state index in [1.165, 1.54) is 0 Å². The normalized spacial score (nSPS) is 11.3. The van der Waals surface area contributed by atoms with Crippen molar-refractivity contribution in [3.8, 4) is 11.3 Å². The van der Waals surface area contributed by atoms with E-state index in [1.54, 1.807) is 0 Å². The standard InChI is InChI=1S/C24H28ClN5O/c1-15-18(6-5-7-19(15)25)20-14-21(30-23(26)29-20)27-13-12-16-8-10-17(11-9-16)28-22(31)24(2,3)4/h5-11,14H,12-13H2,1-4H3,(H,28,31)(H3,26,27,29,30). The van der Waals surface area contributed by atoms with Crippen molar-refractivity contribution in [1.29, 1.82) is 0 Å². The van der Waals surface area contributed by atoms with Gasteiger partial charge in [-0.2, -0.15) is 4.98 Å². The van der Waals surface area contributed by atoms with Gasteiger partial charge in [0.2, 0.25) is 11.9 Å². The summed E-state index contributed by atoms with van der Waals surface area (Å²) in [5.74, 6) is 0.864. The maximum absolute atomic E-state index is 12.1. The predicted molar refractivity (Wildman–Crippen MR) is 128 cm³/mol. The van der Waals surface area contributed by atoms with Gasteiger partial charge in [0, 0.05) is 34.3 Å². The van der Waals surface area contributed by atoms with E-state index in [4.69, 9.17) is 17.3 Å². The Morgan fingerprint density at radius 1 is 1.10 bits per heavy atom. The van der Waals surface area contributed by atoms with Gasteiger partial charge < -0.3 is 16.4 Å². The zero-order valence-corrected chi connectivity index (χ0v) is 19.0. The second-order valence-corrected chi connectivity index (χ2v) is 8.89. The first-order valence-electron chi connectivity index (χ1n) is 10.2. The lowest BCUT2D eigenvalue weighted by molar-refractivity contribution is -0.123. The molecule has 2 aromatic carbocycles. The van der Waals surface area contributed by atoms with Crippen molar-refractivity contribution in [2.45, 2.75) is 34.1 Å². The molecule has 0 saturated carbocycles. The van der Waals surface area contributed by atoms with Crippen molar-refractivity contribution in [3.05, 3.63) is 64.7 Å². The van der Waals surface area contributed by atoms with Crippen LogP contribution in [0.1, 0.15) is 31.9 Å². The van der Waals surface area contributed by atoms with E-state index in [-0.39, 0.29) is 11.9 Å². The zero-order chi connectivity index (χ0) is 22.6. The van der Waals surface area contributed by atoms with E-state index in [9.17, 15) is 4.79 Å². The molecule has 1 aromatic heterocycles. The van der Waals surface area contributed by atoms with Crippen LogP contribution in [0, 0.1) is 12.3 Å². The predicted octanol–water partition coefficient (Wildman–Crippen LogP) is 5.33. The summed E-state index contributed by atoms with van der Waals surface area (Å²) in [6.07, 6.45) is 0.795. The maximum Gasteiger partial charge on any atom is 0.229 e. The fourth-order valence-electron chi connectivity index (χ4n) is 2.99. The Labute approximate surface area is 188 Å². The van der Waals surface area contributed by atoms with Crippen LogP contribution in [-0.4, -0.2) is 22.4 Å². The minimum Gasteiger partial charge on any atom is -0.370 e. The second-order valence-electron chi connectivity index (χ2n) is 8.49. The van der Waals surface area contributed by atoms with Gasteiger partial charge in [0.25, 0.3) is 0 Å². The molecule has 1 heterocycles. The Balaban J connectivity index is 1.63. The molecule has 0 radical (unpaired) electrons. The quantitative estimate of drug-likeness (QED) is 0.484. The topological polar surface area (TPSA) is 92.9 Å². The van der Waals surface area contributed by atoms with E-state index in [0.29, 0.717) is 17.4 Å². The number of hydrogen-bond acceptors (Lipinski definition) is 5. The largest absolute Gasteiger partial charge is 0.370 e. The molecule has 3 aromatic rings. The molecule has 0 aliphatic rings. The molecule has 7 heteroatoms. The highest BCUT2D eigenvalue weighted by Gasteiger charge is 2.21. The van der Waals surface area contributed by atoms with Gasteiger partial charge >= 0.3 is 0 Å². The molecule has 0 spiro atoms. The average molecular weight is 438 g/mol. The lowest BCUT2D eigenvalue weighted by atomic mass is 9.95. The van der Waals surface area contributed by atoms with Crippen molar-refractivity contribution < 1.29 is 4.79 Å². The summed E-state index contributed by atoms with van der Waals surface area (Å²) in [6.45, 7) is 8.30. The number of aromatic nitrogens is 2. The SMILES string of the molecule is Cc1c(Cl)cccc1-c1cc(NCCc2ccc(NC(=O)C(C)(C)C)cc2)nc(N)n1. The molecular weight excluding hydrogens is 410 g/mol. The molecule has 0 unspecified atom stereocenters. The maximum atomic E-state index is 12.1. The number of amides is 1. The van der Waals surface area contributed by atoms with Crippen molar-refractivity contribution in [1.82, 2.24) is 9.97 Å². The molecule has 4 N–H and O–H groups in total. The molecule has 1 amide bonds. The molecule has 6 nitrogen and oxygen atoms in total. The van der Waals surface area contributed by atoms with Crippen LogP contribution in [0.3, 0.4) is 0 Å². The fourth-order valence-corrected chi connectivity index (χ4v) is 3.16. The third-order valence-electron chi connectivity index (χ3n) is 4.90. The average Bonchev–Trinajstić information content (AvgIpc) is 2.70. The number of nitrogens with one attached hydrogen (secondary N) is 2. The second kappa shape index (κ2) is 9.35. The Bertz CT molecular complexity index is 1070. The third-order valence-corrected chi connectivity index (χ3v) is 5.31. The first kappa shape index (κ1) is 22.6. The Kier molecular flexibility index (Phi) is 6.81. The van der Waals surface area contributed by atoms with Crippen molar-refractivity contribution in [3.63, 3.8) is 0 Å². The molecule has 162 valence electrons. The molecule has 3 rings (SSSR count). The minimum atomic E-state index is -0.426. The van der Waals surface area contributed by atoms with Gasteiger partial charge in [-0.1, -0.05) is 56.6 Å². The summed E-state index contributed by atoms with van der Waals surface area (Å²) in [5, 5.41) is 6.93. The summed E-state index contributed by atoms with van der Waals surface area (Å²) in [7, 11) is 0. The molecule has 0 fully saturated rings. The molecule has 0 saturated heterocycles. The van der Waals surface area contributed by atoms with Crippen LogP contribution in [0.15, 0.2) is 48.5 Å². The smallest absolute Gasteiger partial charge is 0.229 e. The van der Waals surface area contributed by atoms with Gasteiger partial charge in [0.1, 0.15) is 5.82 Å². The first-order valence-corrected chi connectivity index (χ1v) is 10.6. The zero-order valence-electron chi connectivity index (χ0n) is 18.3. The number of anilines is 3. The molecule has 0 aliphatic heterocycles. The van der Waals surface area contributed by atoms with Crippen LogP contribution in [0.4, 0.5) is 17.5 Å². The van der Waals surface area contributed by atoms with Gasteiger partial charge in [0.05, 0.1) is 5.69 Å². The van der Waals surface area contributed by atoms with Crippen LogP contribution in [0.5, 0.6) is 0 Å². The molecule has 0 atom stereocenters. The summed E-state index contributed by atoms with van der Waals surface area (Å²) in [4.78, 5) is 20.7. The van der Waals surface area contributed by atoms with Crippen LogP contribution in [0.2, 0.25) is 5.02 Å². The van der Waals surface area contributed by atoms with E-state index in [0.717, 1.165) is 34.5 Å².